The van der Waals surface area contributed by atoms with E-state index >= 15 is 0 Å². The van der Waals surface area contributed by atoms with Crippen LogP contribution in [0.4, 0.5) is 10.5 Å². The maximum absolute atomic E-state index is 12.4. The molecule has 2 amide bonds. The molecule has 0 aromatic heterocycles. The van der Waals surface area contributed by atoms with Crippen molar-refractivity contribution in [3.8, 4) is 0 Å². The lowest BCUT2D eigenvalue weighted by Gasteiger charge is -2.36. The highest BCUT2D eigenvalue weighted by molar-refractivity contribution is 5.94. The van der Waals surface area contributed by atoms with Crippen molar-refractivity contribution in [3.63, 3.8) is 0 Å². The molecule has 2 saturated heterocycles. The fourth-order valence-electron chi connectivity index (χ4n) is 3.86. The van der Waals surface area contributed by atoms with Crippen molar-refractivity contribution in [2.75, 3.05) is 57.8 Å². The summed E-state index contributed by atoms with van der Waals surface area (Å²) in [6.07, 6.45) is 2.42. The van der Waals surface area contributed by atoms with Crippen LogP contribution in [0.15, 0.2) is 24.3 Å². The molecule has 2 heterocycles. The molecule has 2 fully saturated rings. The third kappa shape index (κ3) is 4.75. The Balaban J connectivity index is 1.44. The van der Waals surface area contributed by atoms with Gasteiger partial charge in [-0.3, -0.25) is 4.79 Å². The maximum Gasteiger partial charge on any atom is 0.317 e. The van der Waals surface area contributed by atoms with Gasteiger partial charge in [-0.25, -0.2) is 4.79 Å². The number of ketones is 1. The van der Waals surface area contributed by atoms with Crippen LogP contribution in [0.5, 0.6) is 0 Å². The Hall–Kier alpha value is -2.08. The highest BCUT2D eigenvalue weighted by Gasteiger charge is 2.23. The monoisotopic (exact) mass is 358 g/mol. The third-order valence-corrected chi connectivity index (χ3v) is 5.47. The second-order valence-electron chi connectivity index (χ2n) is 7.53. The zero-order valence-electron chi connectivity index (χ0n) is 15.9. The number of hydrogen-bond donors (Lipinski definition) is 1. The number of anilines is 1. The van der Waals surface area contributed by atoms with Gasteiger partial charge >= 0.3 is 6.03 Å². The number of amides is 2. The van der Waals surface area contributed by atoms with E-state index in [-0.39, 0.29) is 11.8 Å². The predicted octanol–water partition coefficient (Wildman–Crippen LogP) is 2.06. The van der Waals surface area contributed by atoms with E-state index in [0.717, 1.165) is 50.5 Å². The lowest BCUT2D eigenvalue weighted by molar-refractivity contribution is 0.101. The van der Waals surface area contributed by atoms with Crippen LogP contribution in [0.1, 0.15) is 30.1 Å². The molecule has 26 heavy (non-hydrogen) atoms. The minimum atomic E-state index is 0.0600. The number of urea groups is 1. The number of Topliss-reactive ketones (excluding diaryl/α,β-unsaturated/α-hetero) is 1. The van der Waals surface area contributed by atoms with E-state index in [0.29, 0.717) is 5.92 Å². The van der Waals surface area contributed by atoms with Gasteiger partial charge in [-0.05, 0) is 63.5 Å². The van der Waals surface area contributed by atoms with Gasteiger partial charge in [0.1, 0.15) is 0 Å². The van der Waals surface area contributed by atoms with Gasteiger partial charge in [-0.15, -0.1) is 0 Å². The van der Waals surface area contributed by atoms with Gasteiger partial charge in [-0.1, -0.05) is 0 Å². The second kappa shape index (κ2) is 8.54. The van der Waals surface area contributed by atoms with E-state index in [1.165, 1.54) is 19.4 Å². The maximum atomic E-state index is 12.4. The molecule has 142 valence electrons. The fourth-order valence-corrected chi connectivity index (χ4v) is 3.86. The van der Waals surface area contributed by atoms with Gasteiger partial charge < -0.3 is 20.0 Å². The normalized spacial score (nSPS) is 21.5. The van der Waals surface area contributed by atoms with Crippen molar-refractivity contribution in [2.24, 2.45) is 5.92 Å². The number of likely N-dealkylation sites (tertiary alicyclic amines) is 1. The molecule has 6 heteroatoms. The molecular weight excluding hydrogens is 328 g/mol. The first-order chi connectivity index (χ1) is 12.5. The predicted molar refractivity (Wildman–Crippen MR) is 104 cm³/mol. The van der Waals surface area contributed by atoms with Crippen LogP contribution in [-0.2, 0) is 0 Å². The summed E-state index contributed by atoms with van der Waals surface area (Å²) in [6, 6.07) is 7.79. The number of nitrogens with zero attached hydrogens (tertiary/aromatic N) is 3. The number of benzene rings is 1. The zero-order valence-corrected chi connectivity index (χ0v) is 15.9. The zero-order chi connectivity index (χ0) is 18.5. The molecule has 0 radical (unpaired) electrons. The Kier molecular flexibility index (Phi) is 6.14. The molecule has 1 aromatic carbocycles. The number of piperidine rings is 1. The van der Waals surface area contributed by atoms with E-state index in [9.17, 15) is 9.59 Å². The van der Waals surface area contributed by atoms with Crippen molar-refractivity contribution in [1.29, 1.82) is 0 Å². The van der Waals surface area contributed by atoms with Gasteiger partial charge in [0.25, 0.3) is 0 Å². The van der Waals surface area contributed by atoms with E-state index < -0.39 is 0 Å². The summed E-state index contributed by atoms with van der Waals surface area (Å²) < 4.78 is 0. The van der Waals surface area contributed by atoms with Crippen molar-refractivity contribution < 1.29 is 9.59 Å². The molecule has 0 aliphatic carbocycles. The Morgan fingerprint density at radius 2 is 1.77 bits per heavy atom. The van der Waals surface area contributed by atoms with Gasteiger partial charge in [0.15, 0.2) is 5.78 Å². The summed E-state index contributed by atoms with van der Waals surface area (Å²) in [5.41, 5.74) is 1.85. The first-order valence-electron chi connectivity index (χ1n) is 9.60. The Morgan fingerprint density at radius 3 is 2.38 bits per heavy atom. The molecule has 2 aliphatic rings. The lowest BCUT2D eigenvalue weighted by Crippen LogP contribution is -2.52. The van der Waals surface area contributed by atoms with Gasteiger partial charge in [-0.2, -0.15) is 0 Å². The van der Waals surface area contributed by atoms with Gasteiger partial charge in [0.05, 0.1) is 0 Å². The number of hydrogen-bond acceptors (Lipinski definition) is 4. The Morgan fingerprint density at radius 1 is 1.08 bits per heavy atom. The van der Waals surface area contributed by atoms with Crippen molar-refractivity contribution >= 4 is 17.5 Å². The number of carbonyl (C=O) groups is 2. The minimum absolute atomic E-state index is 0.0600. The first kappa shape index (κ1) is 18.7. The van der Waals surface area contributed by atoms with Crippen LogP contribution in [0, 0.1) is 5.92 Å². The highest BCUT2D eigenvalue weighted by atomic mass is 16.2. The largest absolute Gasteiger partial charge is 0.368 e. The van der Waals surface area contributed by atoms with E-state index in [1.54, 1.807) is 6.92 Å². The van der Waals surface area contributed by atoms with Crippen LogP contribution in [-0.4, -0.2) is 74.5 Å². The Bertz CT molecular complexity index is 623. The average molecular weight is 358 g/mol. The molecule has 2 aliphatic heterocycles. The Labute approximate surface area is 156 Å². The molecule has 0 spiro atoms. The standard InChI is InChI=1S/C20H30N4O2/c1-16(25)18-5-7-19(8-6-18)23-10-12-24(13-11-23)20(26)21-14-17-4-3-9-22(2)15-17/h5-8,17H,3-4,9-15H2,1-2H3,(H,21,26). The number of carbonyl (C=O) groups excluding carboxylic acids is 2. The highest BCUT2D eigenvalue weighted by Crippen LogP contribution is 2.18. The van der Waals surface area contributed by atoms with E-state index in [2.05, 4.69) is 22.2 Å². The summed E-state index contributed by atoms with van der Waals surface area (Å²) in [5, 5.41) is 3.12. The van der Waals surface area contributed by atoms with Crippen molar-refractivity contribution in [3.05, 3.63) is 29.8 Å². The van der Waals surface area contributed by atoms with Crippen LogP contribution < -0.4 is 10.2 Å². The first-order valence-corrected chi connectivity index (χ1v) is 9.60. The molecule has 0 saturated carbocycles. The van der Waals surface area contributed by atoms with Crippen LogP contribution >= 0.6 is 0 Å². The molecule has 3 rings (SSSR count). The summed E-state index contributed by atoms with van der Waals surface area (Å²) >= 11 is 0. The minimum Gasteiger partial charge on any atom is -0.368 e. The second-order valence-corrected chi connectivity index (χ2v) is 7.53. The number of nitrogens with one attached hydrogen (secondary N) is 1. The lowest BCUT2D eigenvalue weighted by atomic mass is 9.99. The van der Waals surface area contributed by atoms with Crippen molar-refractivity contribution in [1.82, 2.24) is 15.1 Å². The quantitative estimate of drug-likeness (QED) is 0.837. The number of piperazine rings is 1. The van der Waals surface area contributed by atoms with Crippen LogP contribution in [0.2, 0.25) is 0 Å². The summed E-state index contributed by atoms with van der Waals surface area (Å²) in [5.74, 6) is 0.654. The SMILES string of the molecule is CC(=O)c1ccc(N2CCN(C(=O)NCC3CCCN(C)C3)CC2)cc1. The van der Waals surface area contributed by atoms with Crippen molar-refractivity contribution in [2.45, 2.75) is 19.8 Å². The molecule has 0 bridgehead atoms. The van der Waals surface area contributed by atoms with E-state index in [4.69, 9.17) is 0 Å². The summed E-state index contributed by atoms with van der Waals surface area (Å²) in [7, 11) is 2.15. The molecule has 1 atom stereocenters. The topological polar surface area (TPSA) is 55.9 Å². The third-order valence-electron chi connectivity index (χ3n) is 5.47. The molecule has 1 unspecified atom stereocenters. The van der Waals surface area contributed by atoms with Crippen LogP contribution in [0.3, 0.4) is 0 Å². The molecular formula is C20H30N4O2. The smallest absolute Gasteiger partial charge is 0.317 e. The molecule has 6 nitrogen and oxygen atoms in total. The molecule has 1 N–H and O–H groups in total. The number of rotatable bonds is 4. The summed E-state index contributed by atoms with van der Waals surface area (Å²) in [4.78, 5) is 30.3. The van der Waals surface area contributed by atoms with Gasteiger partial charge in [0.2, 0.25) is 0 Å². The molecule has 1 aromatic rings. The van der Waals surface area contributed by atoms with Gasteiger partial charge in [0, 0.05) is 50.5 Å². The van der Waals surface area contributed by atoms with Crippen LogP contribution in [0.25, 0.3) is 0 Å². The average Bonchev–Trinajstić information content (AvgIpc) is 2.66. The summed E-state index contributed by atoms with van der Waals surface area (Å²) in [6.45, 7) is 7.69. The fraction of sp³-hybridized carbons (Fsp3) is 0.600. The van der Waals surface area contributed by atoms with E-state index in [1.807, 2.05) is 29.2 Å².